The summed E-state index contributed by atoms with van der Waals surface area (Å²) in [5.74, 6) is -1.39. The fraction of sp³-hybridized carbons (Fsp3) is 0.533. The third kappa shape index (κ3) is 11.0. The van der Waals surface area contributed by atoms with Crippen LogP contribution >= 0.6 is 0 Å². The van der Waals surface area contributed by atoms with Gasteiger partial charge in [-0.1, -0.05) is 51.1 Å². The normalized spacial score (nSPS) is 13.3. The van der Waals surface area contributed by atoms with E-state index in [9.17, 15) is 14.4 Å². The molecule has 1 heterocycles. The molecule has 214 valence electrons. The van der Waals surface area contributed by atoms with Crippen LogP contribution in [0.15, 0.2) is 42.6 Å². The van der Waals surface area contributed by atoms with E-state index in [1.807, 2.05) is 37.3 Å². The molecule has 2 rings (SSSR count). The van der Waals surface area contributed by atoms with Crippen molar-refractivity contribution in [3.05, 3.63) is 53.9 Å². The van der Waals surface area contributed by atoms with E-state index in [1.54, 1.807) is 6.92 Å². The van der Waals surface area contributed by atoms with Gasteiger partial charge in [0.05, 0.1) is 19.6 Å². The molecular weight excluding hydrogens is 502 g/mol. The largest absolute Gasteiger partial charge is 0.493 e. The van der Waals surface area contributed by atoms with E-state index in [0.29, 0.717) is 25.6 Å². The number of nitrogens with zero attached hydrogens (tertiary/aromatic N) is 1. The number of rotatable bonds is 17. The highest BCUT2D eigenvalue weighted by atomic mass is 16.7. The Morgan fingerprint density at radius 1 is 1.00 bits per heavy atom. The maximum atomic E-state index is 13.1. The number of pyridine rings is 1. The maximum absolute atomic E-state index is 13.1. The highest BCUT2D eigenvalue weighted by Crippen LogP contribution is 2.31. The van der Waals surface area contributed by atoms with E-state index in [1.165, 1.54) is 26.3 Å². The molecule has 0 amide bonds. The number of hydrogen-bond donors (Lipinski definition) is 0. The first kappa shape index (κ1) is 31.8. The lowest BCUT2D eigenvalue weighted by Gasteiger charge is -2.25. The lowest BCUT2D eigenvalue weighted by atomic mass is 9.95. The maximum Gasteiger partial charge on any atom is 0.309 e. The van der Waals surface area contributed by atoms with Crippen LogP contribution in [0, 0.1) is 17.8 Å². The Bertz CT molecular complexity index is 1060. The number of carbonyl (C=O) groups is 3. The van der Waals surface area contributed by atoms with Gasteiger partial charge in [-0.25, -0.2) is 4.98 Å². The summed E-state index contributed by atoms with van der Waals surface area (Å²) in [5.41, 5.74) is 1.11. The first-order chi connectivity index (χ1) is 18.6. The van der Waals surface area contributed by atoms with Crippen molar-refractivity contribution in [2.45, 2.75) is 60.0 Å². The topological polar surface area (TPSA) is 110 Å². The molecule has 0 saturated heterocycles. The zero-order valence-electron chi connectivity index (χ0n) is 23.8. The molecule has 0 radical (unpaired) electrons. The average molecular weight is 544 g/mol. The molecule has 0 aliphatic rings. The minimum atomic E-state index is -0.728. The third-order valence-electron chi connectivity index (χ3n) is 6.19. The summed E-state index contributed by atoms with van der Waals surface area (Å²) >= 11 is 0. The molecule has 9 nitrogen and oxygen atoms in total. The Balaban J connectivity index is 2.05. The van der Waals surface area contributed by atoms with E-state index < -0.39 is 36.5 Å². The molecule has 2 aromatic rings. The van der Waals surface area contributed by atoms with Crippen LogP contribution in [0.25, 0.3) is 0 Å². The van der Waals surface area contributed by atoms with Crippen molar-refractivity contribution in [1.29, 1.82) is 0 Å². The molecule has 0 saturated carbocycles. The van der Waals surface area contributed by atoms with Crippen molar-refractivity contribution in [2.75, 3.05) is 27.1 Å². The molecule has 39 heavy (non-hydrogen) atoms. The standard InChI is InChI=1S/C30H41NO8/c1-20(2)13-15-36-18-25(17-24-10-8-7-9-11-24)22(4)39-30(34)21(3)16-26(33)28-29(38-19-37-23(5)32)27(35-6)12-14-31-28/h7-12,14,20-22,25H,13,15-19H2,1-6H3/t21-,22+,25-/m1/s1. The van der Waals surface area contributed by atoms with Gasteiger partial charge in [0.25, 0.3) is 0 Å². The highest BCUT2D eigenvalue weighted by Gasteiger charge is 2.28. The van der Waals surface area contributed by atoms with Crippen LogP contribution in [-0.2, 0) is 30.2 Å². The van der Waals surface area contributed by atoms with Crippen molar-refractivity contribution < 1.29 is 38.1 Å². The summed E-state index contributed by atoms with van der Waals surface area (Å²) in [4.78, 5) is 41.3. The average Bonchev–Trinajstić information content (AvgIpc) is 2.90. The first-order valence-electron chi connectivity index (χ1n) is 13.3. The van der Waals surface area contributed by atoms with E-state index in [-0.39, 0.29) is 29.5 Å². The molecule has 1 aromatic carbocycles. The zero-order valence-corrected chi connectivity index (χ0v) is 23.8. The fourth-order valence-electron chi connectivity index (χ4n) is 3.79. The molecule has 0 aliphatic heterocycles. The van der Waals surface area contributed by atoms with Gasteiger partial charge in [-0.2, -0.15) is 0 Å². The second-order valence-electron chi connectivity index (χ2n) is 9.97. The fourth-order valence-corrected chi connectivity index (χ4v) is 3.79. The second kappa shape index (κ2) is 16.5. The summed E-state index contributed by atoms with van der Waals surface area (Å²) in [5, 5.41) is 0. The quantitative estimate of drug-likeness (QED) is 0.117. The minimum absolute atomic E-state index is 0.0188. The van der Waals surface area contributed by atoms with Crippen LogP contribution < -0.4 is 9.47 Å². The molecule has 1 aromatic heterocycles. The number of benzene rings is 1. The minimum Gasteiger partial charge on any atom is -0.493 e. The van der Waals surface area contributed by atoms with Crippen LogP contribution in [-0.4, -0.2) is 55.9 Å². The Hall–Kier alpha value is -3.46. The van der Waals surface area contributed by atoms with E-state index in [2.05, 4.69) is 18.8 Å². The number of esters is 2. The lowest BCUT2D eigenvalue weighted by molar-refractivity contribution is -0.156. The lowest BCUT2D eigenvalue weighted by Crippen LogP contribution is -2.32. The number of Topliss-reactive ketones (excluding diaryl/α,β-unsaturated/α-hetero) is 1. The van der Waals surface area contributed by atoms with Crippen molar-refractivity contribution in [1.82, 2.24) is 4.98 Å². The number of ketones is 1. The molecule has 0 N–H and O–H groups in total. The molecular formula is C30H41NO8. The van der Waals surface area contributed by atoms with Crippen LogP contribution in [0.3, 0.4) is 0 Å². The Morgan fingerprint density at radius 3 is 2.36 bits per heavy atom. The van der Waals surface area contributed by atoms with E-state index >= 15 is 0 Å². The Labute approximate surface area is 231 Å². The van der Waals surface area contributed by atoms with Crippen molar-refractivity contribution in [2.24, 2.45) is 17.8 Å². The number of aromatic nitrogens is 1. The number of methoxy groups -OCH3 is 1. The SMILES string of the molecule is COc1ccnc(C(=O)C[C@@H](C)C(=O)O[C@@H](C)[C@@H](COCCC(C)C)Cc2ccccc2)c1OCOC(C)=O. The molecule has 0 fully saturated rings. The van der Waals surface area contributed by atoms with Crippen LogP contribution in [0.5, 0.6) is 11.5 Å². The van der Waals surface area contributed by atoms with E-state index in [0.717, 1.165) is 12.0 Å². The van der Waals surface area contributed by atoms with Gasteiger partial charge in [0.2, 0.25) is 6.79 Å². The van der Waals surface area contributed by atoms with Crippen molar-refractivity contribution >= 4 is 17.7 Å². The second-order valence-corrected chi connectivity index (χ2v) is 9.97. The summed E-state index contributed by atoms with van der Waals surface area (Å²) in [6, 6.07) is 11.5. The van der Waals surface area contributed by atoms with Gasteiger partial charge in [0, 0.05) is 38.1 Å². The monoisotopic (exact) mass is 543 g/mol. The number of ether oxygens (including phenoxy) is 5. The number of carbonyl (C=O) groups excluding carboxylic acids is 3. The molecule has 9 heteroatoms. The van der Waals surface area contributed by atoms with Gasteiger partial charge in [-0.05, 0) is 31.2 Å². The Morgan fingerprint density at radius 2 is 1.72 bits per heavy atom. The molecule has 0 spiro atoms. The predicted octanol–water partition coefficient (Wildman–Crippen LogP) is 5.05. The molecule has 3 atom stereocenters. The zero-order chi connectivity index (χ0) is 28.8. The smallest absolute Gasteiger partial charge is 0.309 e. The predicted molar refractivity (Wildman–Crippen MR) is 146 cm³/mol. The summed E-state index contributed by atoms with van der Waals surface area (Å²) in [7, 11) is 1.42. The highest BCUT2D eigenvalue weighted by molar-refractivity contribution is 5.99. The van der Waals surface area contributed by atoms with Crippen molar-refractivity contribution in [3.63, 3.8) is 0 Å². The van der Waals surface area contributed by atoms with Crippen LogP contribution in [0.2, 0.25) is 0 Å². The van der Waals surface area contributed by atoms with Gasteiger partial charge < -0.3 is 23.7 Å². The molecule has 0 aliphatic carbocycles. The molecule has 0 unspecified atom stereocenters. The molecule has 0 bridgehead atoms. The van der Waals surface area contributed by atoms with Gasteiger partial charge >= 0.3 is 11.9 Å². The van der Waals surface area contributed by atoms with Crippen LogP contribution in [0.1, 0.15) is 63.5 Å². The summed E-state index contributed by atoms with van der Waals surface area (Å²) in [6.07, 6.45) is 2.48. The van der Waals surface area contributed by atoms with Crippen molar-refractivity contribution in [3.8, 4) is 11.5 Å². The van der Waals surface area contributed by atoms with E-state index in [4.69, 9.17) is 23.7 Å². The van der Waals surface area contributed by atoms with Gasteiger partial charge in [-0.3, -0.25) is 14.4 Å². The Kier molecular flexibility index (Phi) is 13.4. The van der Waals surface area contributed by atoms with Gasteiger partial charge in [0.15, 0.2) is 23.0 Å². The number of hydrogen-bond acceptors (Lipinski definition) is 9. The first-order valence-corrected chi connectivity index (χ1v) is 13.3. The summed E-state index contributed by atoms with van der Waals surface area (Å²) < 4.78 is 27.3. The van der Waals surface area contributed by atoms with Gasteiger partial charge in [0.1, 0.15) is 6.10 Å². The van der Waals surface area contributed by atoms with Crippen LogP contribution in [0.4, 0.5) is 0 Å². The summed E-state index contributed by atoms with van der Waals surface area (Å²) in [6.45, 7) is 9.72. The third-order valence-corrected chi connectivity index (χ3v) is 6.19. The van der Waals surface area contributed by atoms with Gasteiger partial charge in [-0.15, -0.1) is 0 Å².